The van der Waals surface area contributed by atoms with Crippen LogP contribution in [-0.2, 0) is 16.1 Å². The van der Waals surface area contributed by atoms with E-state index in [2.05, 4.69) is 15.9 Å². The topological polar surface area (TPSA) is 79.6 Å². The first-order valence-corrected chi connectivity index (χ1v) is 8.29. The number of carbonyl (C=O) groups excluding carboxylic acids is 1. The summed E-state index contributed by atoms with van der Waals surface area (Å²) < 4.78 is 1.97. The van der Waals surface area contributed by atoms with Gasteiger partial charge in [-0.25, -0.2) is 4.79 Å². The molecule has 1 aromatic rings. The van der Waals surface area contributed by atoms with Crippen molar-refractivity contribution in [1.29, 1.82) is 0 Å². The van der Waals surface area contributed by atoms with Crippen LogP contribution in [0.25, 0.3) is 0 Å². The molecule has 6 nitrogen and oxygen atoms in total. The molecule has 2 heterocycles. The number of nitrogens with zero attached hydrogens (tertiary/aromatic N) is 2. The summed E-state index contributed by atoms with van der Waals surface area (Å²) in [5.74, 6) is -0.972. The van der Waals surface area contributed by atoms with Crippen LogP contribution in [0.1, 0.15) is 13.3 Å². The van der Waals surface area contributed by atoms with Crippen LogP contribution in [-0.4, -0.2) is 43.6 Å². The Labute approximate surface area is 134 Å². The first-order valence-electron chi connectivity index (χ1n) is 6.45. The van der Waals surface area contributed by atoms with Crippen LogP contribution in [0, 0.1) is 0 Å². The summed E-state index contributed by atoms with van der Waals surface area (Å²) in [4.78, 5) is 36.8. The molecule has 0 radical (unpaired) electrons. The minimum Gasteiger partial charge on any atom is -0.480 e. The van der Waals surface area contributed by atoms with Crippen molar-refractivity contribution < 1.29 is 14.7 Å². The first-order chi connectivity index (χ1) is 9.93. The molecule has 2 atom stereocenters. The van der Waals surface area contributed by atoms with Gasteiger partial charge in [0.1, 0.15) is 12.6 Å². The molecule has 0 aliphatic carbocycles. The number of rotatable bonds is 4. The molecule has 8 heteroatoms. The summed E-state index contributed by atoms with van der Waals surface area (Å²) in [6.45, 7) is 1.76. The van der Waals surface area contributed by atoms with Crippen LogP contribution in [0.5, 0.6) is 0 Å². The highest BCUT2D eigenvalue weighted by Crippen LogP contribution is 2.31. The Balaban J connectivity index is 2.23. The maximum Gasteiger partial charge on any atom is 0.327 e. The second-order valence-corrected chi connectivity index (χ2v) is 6.79. The highest BCUT2D eigenvalue weighted by molar-refractivity contribution is 9.10. The van der Waals surface area contributed by atoms with Gasteiger partial charge in [0.15, 0.2) is 0 Å². The molecule has 0 bridgehead atoms. The molecule has 1 fully saturated rings. The van der Waals surface area contributed by atoms with Gasteiger partial charge in [-0.3, -0.25) is 9.59 Å². The lowest BCUT2D eigenvalue weighted by Crippen LogP contribution is -2.47. The Bertz CT molecular complexity index is 618. The van der Waals surface area contributed by atoms with E-state index < -0.39 is 12.0 Å². The molecule has 114 valence electrons. The molecule has 1 aliphatic heterocycles. The van der Waals surface area contributed by atoms with Gasteiger partial charge in [0.2, 0.25) is 5.91 Å². The van der Waals surface area contributed by atoms with E-state index in [0.29, 0.717) is 16.6 Å². The predicted octanol–water partition coefficient (Wildman–Crippen LogP) is 1.38. The van der Waals surface area contributed by atoms with Gasteiger partial charge in [-0.15, -0.1) is 11.8 Å². The zero-order valence-electron chi connectivity index (χ0n) is 11.4. The fraction of sp³-hybridized carbons (Fsp3) is 0.462. The molecule has 21 heavy (non-hydrogen) atoms. The average molecular weight is 375 g/mol. The van der Waals surface area contributed by atoms with Crippen LogP contribution in [0.2, 0.25) is 0 Å². The Kier molecular flexibility index (Phi) is 5.10. The van der Waals surface area contributed by atoms with Crippen LogP contribution in [0.4, 0.5) is 0 Å². The number of carboxylic acid groups (broad SMARTS) is 1. The monoisotopic (exact) mass is 374 g/mol. The molecule has 2 unspecified atom stereocenters. The SMILES string of the molecule is CCC1SCC(C(=O)O)N1C(=O)Cn1cc(Br)ccc1=O. The fourth-order valence-electron chi connectivity index (χ4n) is 2.26. The molecule has 1 N–H and O–H groups in total. The van der Waals surface area contributed by atoms with E-state index in [4.69, 9.17) is 0 Å². The van der Waals surface area contributed by atoms with Crippen molar-refractivity contribution in [3.63, 3.8) is 0 Å². The Morgan fingerprint density at radius 2 is 2.19 bits per heavy atom. The first kappa shape index (κ1) is 16.1. The molecular formula is C13H15BrN2O4S. The molecular weight excluding hydrogens is 360 g/mol. The van der Waals surface area contributed by atoms with Crippen LogP contribution in [0.3, 0.4) is 0 Å². The van der Waals surface area contributed by atoms with E-state index in [1.165, 1.54) is 33.5 Å². The molecule has 1 saturated heterocycles. The van der Waals surface area contributed by atoms with Gasteiger partial charge < -0.3 is 14.6 Å². The number of amides is 1. The largest absolute Gasteiger partial charge is 0.480 e. The maximum absolute atomic E-state index is 12.4. The third-order valence-corrected chi connectivity index (χ3v) is 5.19. The molecule has 0 spiro atoms. The zero-order chi connectivity index (χ0) is 15.6. The summed E-state index contributed by atoms with van der Waals surface area (Å²) >= 11 is 4.71. The summed E-state index contributed by atoms with van der Waals surface area (Å²) in [6.07, 6.45) is 2.20. The van der Waals surface area contributed by atoms with E-state index in [1.807, 2.05) is 6.92 Å². The highest BCUT2D eigenvalue weighted by atomic mass is 79.9. The Morgan fingerprint density at radius 1 is 1.48 bits per heavy atom. The second kappa shape index (κ2) is 6.65. The number of hydrogen-bond donors (Lipinski definition) is 1. The molecule has 1 amide bonds. The summed E-state index contributed by atoms with van der Waals surface area (Å²) in [5.41, 5.74) is -0.293. The van der Waals surface area contributed by atoms with Crippen LogP contribution < -0.4 is 5.56 Å². The van der Waals surface area contributed by atoms with Crippen molar-refractivity contribution in [3.8, 4) is 0 Å². The van der Waals surface area contributed by atoms with E-state index in [9.17, 15) is 19.5 Å². The summed E-state index contributed by atoms with van der Waals surface area (Å²) in [5, 5.41) is 9.08. The van der Waals surface area contributed by atoms with Crippen molar-refractivity contribution in [3.05, 3.63) is 33.2 Å². The molecule has 1 aliphatic rings. The molecule has 0 saturated carbocycles. The average Bonchev–Trinajstić information content (AvgIpc) is 2.87. The lowest BCUT2D eigenvalue weighted by Gasteiger charge is -2.26. The van der Waals surface area contributed by atoms with Crippen LogP contribution >= 0.6 is 27.7 Å². The number of hydrogen-bond acceptors (Lipinski definition) is 4. The van der Waals surface area contributed by atoms with Crippen molar-refractivity contribution in [2.45, 2.75) is 31.3 Å². The van der Waals surface area contributed by atoms with E-state index in [0.717, 1.165) is 0 Å². The minimum atomic E-state index is -1.01. The number of pyridine rings is 1. The third-order valence-electron chi connectivity index (χ3n) is 3.27. The van der Waals surface area contributed by atoms with E-state index >= 15 is 0 Å². The van der Waals surface area contributed by atoms with E-state index in [1.54, 1.807) is 6.07 Å². The van der Waals surface area contributed by atoms with Gasteiger partial charge in [-0.1, -0.05) is 6.92 Å². The predicted molar refractivity (Wildman–Crippen MR) is 83.2 cm³/mol. The van der Waals surface area contributed by atoms with E-state index in [-0.39, 0.29) is 23.4 Å². The zero-order valence-corrected chi connectivity index (χ0v) is 13.8. The lowest BCUT2D eigenvalue weighted by molar-refractivity contribution is -0.149. The van der Waals surface area contributed by atoms with Gasteiger partial charge >= 0.3 is 5.97 Å². The van der Waals surface area contributed by atoms with Gasteiger partial charge in [-0.05, 0) is 28.4 Å². The molecule has 2 rings (SSSR count). The maximum atomic E-state index is 12.4. The van der Waals surface area contributed by atoms with Crippen molar-refractivity contribution >= 4 is 39.6 Å². The van der Waals surface area contributed by atoms with Gasteiger partial charge in [0, 0.05) is 22.5 Å². The van der Waals surface area contributed by atoms with Gasteiger partial charge in [0.25, 0.3) is 5.56 Å². The number of thioether (sulfide) groups is 1. The fourth-order valence-corrected chi connectivity index (χ4v) is 4.00. The van der Waals surface area contributed by atoms with Gasteiger partial charge in [0.05, 0.1) is 5.37 Å². The highest BCUT2D eigenvalue weighted by Gasteiger charge is 2.40. The van der Waals surface area contributed by atoms with Crippen molar-refractivity contribution in [2.75, 3.05) is 5.75 Å². The number of aromatic nitrogens is 1. The number of aliphatic carboxylic acids is 1. The quantitative estimate of drug-likeness (QED) is 0.860. The third kappa shape index (κ3) is 3.49. The number of halogens is 1. The van der Waals surface area contributed by atoms with Crippen molar-refractivity contribution in [2.24, 2.45) is 0 Å². The minimum absolute atomic E-state index is 0.151. The second-order valence-electron chi connectivity index (χ2n) is 4.66. The molecule has 1 aromatic heterocycles. The Hall–Kier alpha value is -1.28. The molecule has 0 aromatic carbocycles. The van der Waals surface area contributed by atoms with Crippen LogP contribution in [0.15, 0.2) is 27.6 Å². The standard InChI is InChI=1S/C13H15BrN2O4S/c1-2-12-16(9(7-21-12)13(19)20)11(18)6-15-5-8(14)3-4-10(15)17/h3-5,9,12H,2,6-7H2,1H3,(H,19,20). The summed E-state index contributed by atoms with van der Waals surface area (Å²) in [7, 11) is 0. The number of carbonyl (C=O) groups is 2. The Morgan fingerprint density at radius 3 is 2.81 bits per heavy atom. The smallest absolute Gasteiger partial charge is 0.327 e. The van der Waals surface area contributed by atoms with Gasteiger partial charge in [-0.2, -0.15) is 0 Å². The summed E-state index contributed by atoms with van der Waals surface area (Å²) in [6, 6.07) is 2.14. The van der Waals surface area contributed by atoms with Crippen molar-refractivity contribution in [1.82, 2.24) is 9.47 Å². The normalized spacial score (nSPS) is 21.5. The lowest BCUT2D eigenvalue weighted by atomic mass is 10.2. The number of carboxylic acids is 1.